The number of H-pyrrole nitrogens is 1. The smallest absolute Gasteiger partial charge is 0.172 e. The van der Waals surface area contributed by atoms with E-state index >= 15 is 0 Å². The fourth-order valence-corrected chi connectivity index (χ4v) is 1.53. The van der Waals surface area contributed by atoms with Crippen LogP contribution in [0, 0.1) is 0 Å². The first kappa shape index (κ1) is 10.7. The van der Waals surface area contributed by atoms with E-state index in [1.54, 1.807) is 12.1 Å². The van der Waals surface area contributed by atoms with Crippen molar-refractivity contribution in [3.8, 4) is 0 Å². The number of aromatic amines is 1. The van der Waals surface area contributed by atoms with Gasteiger partial charge in [-0.05, 0) is 17.7 Å². The molecule has 0 spiro atoms. The highest BCUT2D eigenvalue weighted by Gasteiger charge is 2.11. The number of hydrogen-bond donors (Lipinski definition) is 2. The van der Waals surface area contributed by atoms with E-state index in [1.165, 1.54) is 6.20 Å². The van der Waals surface area contributed by atoms with Crippen molar-refractivity contribution in [1.82, 2.24) is 10.2 Å². The maximum Gasteiger partial charge on any atom is 0.172 e. The summed E-state index contributed by atoms with van der Waals surface area (Å²) in [6, 6.07) is 7.14. The van der Waals surface area contributed by atoms with Crippen molar-refractivity contribution in [1.29, 1.82) is 0 Å². The maximum atomic E-state index is 11.8. The summed E-state index contributed by atoms with van der Waals surface area (Å²) in [5, 5.41) is 6.89. The third-order valence-electron chi connectivity index (χ3n) is 2.25. The van der Waals surface area contributed by atoms with Gasteiger partial charge in [-0.15, -0.1) is 0 Å². The second-order valence-electron chi connectivity index (χ2n) is 3.42. The number of aromatic nitrogens is 2. The fraction of sp³-hybridized carbons (Fsp3) is 0.0909. The molecule has 1 heterocycles. The van der Waals surface area contributed by atoms with Crippen molar-refractivity contribution in [2.24, 2.45) is 0 Å². The number of ketones is 1. The van der Waals surface area contributed by atoms with E-state index < -0.39 is 0 Å². The molecule has 0 saturated heterocycles. The average Bonchev–Trinajstić information content (AvgIpc) is 2.68. The van der Waals surface area contributed by atoms with Gasteiger partial charge >= 0.3 is 0 Å². The van der Waals surface area contributed by atoms with Crippen LogP contribution in [0.15, 0.2) is 30.5 Å². The standard InChI is InChI=1S/C11H10ClN3O/c12-8-3-1-7(2-4-8)5-10(16)9-6-14-15-11(9)13/h1-4,6H,5H2,(H3,13,14,15). The van der Waals surface area contributed by atoms with Gasteiger partial charge in [0.2, 0.25) is 0 Å². The summed E-state index contributed by atoms with van der Waals surface area (Å²) < 4.78 is 0. The van der Waals surface area contributed by atoms with E-state index in [1.807, 2.05) is 12.1 Å². The first-order valence-corrected chi connectivity index (χ1v) is 5.11. The van der Waals surface area contributed by atoms with Crippen LogP contribution in [-0.4, -0.2) is 16.0 Å². The number of nitrogen functional groups attached to an aromatic ring is 1. The topological polar surface area (TPSA) is 71.8 Å². The first-order valence-electron chi connectivity index (χ1n) is 4.73. The van der Waals surface area contributed by atoms with Crippen LogP contribution in [0.2, 0.25) is 5.02 Å². The van der Waals surface area contributed by atoms with Gasteiger partial charge < -0.3 is 5.73 Å². The number of carbonyl (C=O) groups is 1. The Labute approximate surface area is 97.4 Å². The lowest BCUT2D eigenvalue weighted by atomic mass is 10.1. The zero-order valence-corrected chi connectivity index (χ0v) is 9.16. The van der Waals surface area contributed by atoms with Crippen LogP contribution in [0.3, 0.4) is 0 Å². The molecule has 16 heavy (non-hydrogen) atoms. The fourth-order valence-electron chi connectivity index (χ4n) is 1.40. The summed E-state index contributed by atoms with van der Waals surface area (Å²) >= 11 is 5.75. The maximum absolute atomic E-state index is 11.8. The van der Waals surface area contributed by atoms with Crippen LogP contribution >= 0.6 is 11.6 Å². The van der Waals surface area contributed by atoms with E-state index in [4.69, 9.17) is 17.3 Å². The Morgan fingerprint density at radius 3 is 2.62 bits per heavy atom. The van der Waals surface area contributed by atoms with Gasteiger partial charge in [0.05, 0.1) is 11.8 Å². The van der Waals surface area contributed by atoms with E-state index in [2.05, 4.69) is 10.2 Å². The molecule has 0 unspecified atom stereocenters. The lowest BCUT2D eigenvalue weighted by Gasteiger charge is -2.00. The lowest BCUT2D eigenvalue weighted by molar-refractivity contribution is 0.0994. The van der Waals surface area contributed by atoms with Crippen LogP contribution in [0.5, 0.6) is 0 Å². The number of nitrogens with one attached hydrogen (secondary N) is 1. The van der Waals surface area contributed by atoms with E-state index in [0.717, 1.165) is 5.56 Å². The molecule has 82 valence electrons. The number of benzene rings is 1. The SMILES string of the molecule is Nc1[nH]ncc1C(=O)Cc1ccc(Cl)cc1. The molecular formula is C11H10ClN3O. The van der Waals surface area contributed by atoms with E-state index in [-0.39, 0.29) is 5.78 Å². The molecule has 4 nitrogen and oxygen atoms in total. The Hall–Kier alpha value is -1.81. The summed E-state index contributed by atoms with van der Waals surface area (Å²) in [7, 11) is 0. The van der Waals surface area contributed by atoms with Gasteiger partial charge in [0.1, 0.15) is 5.82 Å². The number of hydrogen-bond acceptors (Lipinski definition) is 3. The number of Topliss-reactive ketones (excluding diaryl/α,β-unsaturated/α-hetero) is 1. The van der Waals surface area contributed by atoms with Crippen LogP contribution in [0.4, 0.5) is 5.82 Å². The molecule has 0 aliphatic rings. The Bertz CT molecular complexity index is 504. The highest BCUT2D eigenvalue weighted by atomic mass is 35.5. The molecule has 0 bridgehead atoms. The normalized spacial score (nSPS) is 10.3. The zero-order chi connectivity index (χ0) is 11.5. The third-order valence-corrected chi connectivity index (χ3v) is 2.50. The molecule has 0 atom stereocenters. The molecule has 0 aliphatic carbocycles. The predicted molar refractivity (Wildman–Crippen MR) is 62.5 cm³/mol. The van der Waals surface area contributed by atoms with Gasteiger partial charge in [-0.3, -0.25) is 9.89 Å². The van der Waals surface area contributed by atoms with Gasteiger partial charge in [-0.1, -0.05) is 23.7 Å². The van der Waals surface area contributed by atoms with Crippen LogP contribution in [0.1, 0.15) is 15.9 Å². The highest BCUT2D eigenvalue weighted by Crippen LogP contribution is 2.14. The molecule has 0 aliphatic heterocycles. The molecular weight excluding hydrogens is 226 g/mol. The Morgan fingerprint density at radius 2 is 2.06 bits per heavy atom. The van der Waals surface area contributed by atoms with Crippen LogP contribution < -0.4 is 5.73 Å². The Morgan fingerprint density at radius 1 is 1.38 bits per heavy atom. The summed E-state index contributed by atoms with van der Waals surface area (Å²) in [6.07, 6.45) is 1.73. The lowest BCUT2D eigenvalue weighted by Crippen LogP contribution is -2.05. The summed E-state index contributed by atoms with van der Waals surface area (Å²) in [5.74, 6) is 0.243. The molecule has 0 saturated carbocycles. The van der Waals surface area contributed by atoms with Gasteiger partial charge in [0, 0.05) is 11.4 Å². The van der Waals surface area contributed by atoms with Gasteiger partial charge in [0.15, 0.2) is 5.78 Å². The van der Waals surface area contributed by atoms with E-state index in [0.29, 0.717) is 22.8 Å². The number of nitrogens with zero attached hydrogens (tertiary/aromatic N) is 1. The number of rotatable bonds is 3. The van der Waals surface area contributed by atoms with Crippen molar-refractivity contribution in [3.63, 3.8) is 0 Å². The molecule has 1 aromatic heterocycles. The zero-order valence-electron chi connectivity index (χ0n) is 8.40. The minimum Gasteiger partial charge on any atom is -0.383 e. The molecule has 0 radical (unpaired) electrons. The minimum atomic E-state index is -0.0615. The van der Waals surface area contributed by atoms with Gasteiger partial charge in [-0.2, -0.15) is 5.10 Å². The molecule has 3 N–H and O–H groups in total. The van der Waals surface area contributed by atoms with Gasteiger partial charge in [-0.25, -0.2) is 0 Å². The molecule has 2 aromatic rings. The Kier molecular flexibility index (Phi) is 2.92. The number of halogens is 1. The monoisotopic (exact) mass is 235 g/mol. The van der Waals surface area contributed by atoms with Crippen molar-refractivity contribution < 1.29 is 4.79 Å². The van der Waals surface area contributed by atoms with Crippen molar-refractivity contribution in [2.45, 2.75) is 6.42 Å². The molecule has 5 heteroatoms. The Balaban J connectivity index is 2.14. The van der Waals surface area contributed by atoms with Crippen molar-refractivity contribution in [3.05, 3.63) is 46.6 Å². The van der Waals surface area contributed by atoms with E-state index in [9.17, 15) is 4.79 Å². The largest absolute Gasteiger partial charge is 0.383 e. The minimum absolute atomic E-state index is 0.0615. The summed E-state index contributed by atoms with van der Waals surface area (Å²) in [4.78, 5) is 11.8. The number of anilines is 1. The second kappa shape index (κ2) is 4.37. The van der Waals surface area contributed by atoms with Crippen molar-refractivity contribution in [2.75, 3.05) is 5.73 Å². The second-order valence-corrected chi connectivity index (χ2v) is 3.86. The van der Waals surface area contributed by atoms with Crippen molar-refractivity contribution >= 4 is 23.2 Å². The van der Waals surface area contributed by atoms with Crippen LogP contribution in [0.25, 0.3) is 0 Å². The molecule has 1 aromatic carbocycles. The molecule has 0 fully saturated rings. The average molecular weight is 236 g/mol. The van der Waals surface area contributed by atoms with Crippen LogP contribution in [-0.2, 0) is 6.42 Å². The number of nitrogens with two attached hydrogens (primary N) is 1. The summed E-state index contributed by atoms with van der Waals surface area (Å²) in [6.45, 7) is 0. The summed E-state index contributed by atoms with van der Waals surface area (Å²) in [5.41, 5.74) is 6.88. The quantitative estimate of drug-likeness (QED) is 0.800. The number of carbonyl (C=O) groups excluding carboxylic acids is 1. The first-order chi connectivity index (χ1) is 7.66. The molecule has 2 rings (SSSR count). The predicted octanol–water partition coefficient (Wildman–Crippen LogP) is 2.07. The third kappa shape index (κ3) is 2.23. The van der Waals surface area contributed by atoms with Gasteiger partial charge in [0.25, 0.3) is 0 Å². The molecule has 0 amide bonds. The highest BCUT2D eigenvalue weighted by molar-refractivity contribution is 6.30.